The van der Waals surface area contributed by atoms with Gasteiger partial charge < -0.3 is 5.11 Å². The number of aliphatic hydroxyl groups is 1. The van der Waals surface area contributed by atoms with Gasteiger partial charge in [0.05, 0.1) is 11.3 Å². The highest BCUT2D eigenvalue weighted by molar-refractivity contribution is 6.33. The molecule has 0 saturated heterocycles. The molecule has 0 heterocycles. The van der Waals surface area contributed by atoms with Crippen LogP contribution < -0.4 is 0 Å². The zero-order valence-corrected chi connectivity index (χ0v) is 8.34. The summed E-state index contributed by atoms with van der Waals surface area (Å²) in [5, 5.41) is 9.32. The van der Waals surface area contributed by atoms with Crippen LogP contribution in [0.2, 0.25) is 0 Å². The highest BCUT2D eigenvalue weighted by Crippen LogP contribution is 2.36. The fraction of sp³-hybridized carbons (Fsp3) is 0.500. The summed E-state index contributed by atoms with van der Waals surface area (Å²) in [6.45, 7) is 2.07. The standard InChI is InChI=1S/C10H13ClO2/c1-2-7-3-8(5-12)10(11)9(4-7)6-13/h5-7,12H,2-4H2,1H3/b8-5+. The predicted molar refractivity (Wildman–Crippen MR) is 52.7 cm³/mol. The summed E-state index contributed by atoms with van der Waals surface area (Å²) in [6, 6.07) is 0. The van der Waals surface area contributed by atoms with Gasteiger partial charge in [-0.25, -0.2) is 0 Å². The maximum atomic E-state index is 10.6. The molecule has 0 aromatic carbocycles. The number of rotatable bonds is 2. The number of carbonyl (C=O) groups excluding carboxylic acids is 1. The summed E-state index contributed by atoms with van der Waals surface area (Å²) < 4.78 is 0. The van der Waals surface area contributed by atoms with Crippen molar-refractivity contribution >= 4 is 17.9 Å². The molecule has 0 aliphatic heterocycles. The number of aldehydes is 1. The Bertz CT molecular complexity index is 266. The maximum Gasteiger partial charge on any atom is 0.147 e. The van der Waals surface area contributed by atoms with Gasteiger partial charge in [0.25, 0.3) is 0 Å². The lowest BCUT2D eigenvalue weighted by molar-refractivity contribution is -0.105. The van der Waals surface area contributed by atoms with Crippen molar-refractivity contribution in [1.29, 1.82) is 0 Å². The van der Waals surface area contributed by atoms with Gasteiger partial charge in [-0.2, -0.15) is 0 Å². The van der Waals surface area contributed by atoms with Crippen LogP contribution in [0.3, 0.4) is 0 Å². The van der Waals surface area contributed by atoms with E-state index in [1.165, 1.54) is 0 Å². The fourth-order valence-electron chi connectivity index (χ4n) is 1.58. The number of halogens is 1. The summed E-state index contributed by atoms with van der Waals surface area (Å²) in [7, 11) is 0. The second kappa shape index (κ2) is 4.47. The van der Waals surface area contributed by atoms with E-state index in [4.69, 9.17) is 16.7 Å². The molecule has 0 saturated carbocycles. The van der Waals surface area contributed by atoms with Crippen molar-refractivity contribution in [3.05, 3.63) is 22.4 Å². The molecule has 1 N–H and O–H groups in total. The van der Waals surface area contributed by atoms with Crippen molar-refractivity contribution in [2.45, 2.75) is 26.2 Å². The van der Waals surface area contributed by atoms with E-state index in [0.29, 0.717) is 22.1 Å². The molecule has 72 valence electrons. The SMILES string of the molecule is CCC1CC(C=O)=C(Cl)/C(=C/O)C1. The van der Waals surface area contributed by atoms with Crippen LogP contribution in [0.4, 0.5) is 0 Å². The molecular formula is C10H13ClO2. The smallest absolute Gasteiger partial charge is 0.147 e. The third-order valence-corrected chi connectivity index (χ3v) is 2.94. The van der Waals surface area contributed by atoms with Crippen LogP contribution in [0, 0.1) is 5.92 Å². The van der Waals surface area contributed by atoms with E-state index in [9.17, 15) is 4.79 Å². The van der Waals surface area contributed by atoms with Crippen LogP contribution in [0.5, 0.6) is 0 Å². The highest BCUT2D eigenvalue weighted by atomic mass is 35.5. The zero-order chi connectivity index (χ0) is 9.84. The maximum absolute atomic E-state index is 10.6. The van der Waals surface area contributed by atoms with E-state index >= 15 is 0 Å². The number of carbonyl (C=O) groups is 1. The van der Waals surface area contributed by atoms with E-state index < -0.39 is 0 Å². The van der Waals surface area contributed by atoms with Crippen molar-refractivity contribution in [3.63, 3.8) is 0 Å². The molecule has 0 aromatic rings. The molecule has 0 aromatic heterocycles. The lowest BCUT2D eigenvalue weighted by Gasteiger charge is -2.22. The van der Waals surface area contributed by atoms with Gasteiger partial charge >= 0.3 is 0 Å². The van der Waals surface area contributed by atoms with Crippen LogP contribution >= 0.6 is 11.6 Å². The van der Waals surface area contributed by atoms with Crippen molar-refractivity contribution in [2.75, 3.05) is 0 Å². The molecular weight excluding hydrogens is 188 g/mol. The van der Waals surface area contributed by atoms with Gasteiger partial charge in [-0.05, 0) is 18.8 Å². The molecule has 1 atom stereocenters. The van der Waals surface area contributed by atoms with Gasteiger partial charge in [-0.3, -0.25) is 4.79 Å². The van der Waals surface area contributed by atoms with Crippen LogP contribution in [0.1, 0.15) is 26.2 Å². The van der Waals surface area contributed by atoms with Gasteiger partial charge in [0, 0.05) is 11.1 Å². The minimum Gasteiger partial charge on any atom is -0.515 e. The van der Waals surface area contributed by atoms with Crippen LogP contribution in [0.25, 0.3) is 0 Å². The van der Waals surface area contributed by atoms with Crippen molar-refractivity contribution in [3.8, 4) is 0 Å². The van der Waals surface area contributed by atoms with Crippen LogP contribution in [0.15, 0.2) is 22.4 Å². The molecule has 1 rings (SSSR count). The largest absolute Gasteiger partial charge is 0.515 e. The molecule has 0 amide bonds. The Morgan fingerprint density at radius 3 is 2.77 bits per heavy atom. The van der Waals surface area contributed by atoms with Gasteiger partial charge in [-0.1, -0.05) is 24.9 Å². The zero-order valence-electron chi connectivity index (χ0n) is 7.59. The Morgan fingerprint density at radius 1 is 1.62 bits per heavy atom. The predicted octanol–water partition coefficient (Wildman–Crippen LogP) is 2.94. The second-order valence-electron chi connectivity index (χ2n) is 3.29. The van der Waals surface area contributed by atoms with Crippen molar-refractivity contribution < 1.29 is 9.90 Å². The molecule has 3 heteroatoms. The number of hydrogen-bond donors (Lipinski definition) is 1. The average molecular weight is 201 g/mol. The topological polar surface area (TPSA) is 37.3 Å². The molecule has 1 aliphatic carbocycles. The molecule has 0 spiro atoms. The first kappa shape index (κ1) is 10.3. The fourth-order valence-corrected chi connectivity index (χ4v) is 1.83. The Kier molecular flexibility index (Phi) is 3.55. The van der Waals surface area contributed by atoms with E-state index in [1.54, 1.807) is 0 Å². The molecule has 0 bridgehead atoms. The molecule has 13 heavy (non-hydrogen) atoms. The minimum atomic E-state index is 0.432. The molecule has 0 fully saturated rings. The highest BCUT2D eigenvalue weighted by Gasteiger charge is 2.22. The number of allylic oxidation sites excluding steroid dienone is 3. The third-order valence-electron chi connectivity index (χ3n) is 2.46. The average Bonchev–Trinajstić information content (AvgIpc) is 2.18. The van der Waals surface area contributed by atoms with Crippen molar-refractivity contribution in [1.82, 2.24) is 0 Å². The summed E-state index contributed by atoms with van der Waals surface area (Å²) in [6.07, 6.45) is 4.29. The van der Waals surface area contributed by atoms with Crippen LogP contribution in [-0.4, -0.2) is 11.4 Å². The minimum absolute atomic E-state index is 0.432. The Balaban J connectivity index is 2.96. The molecule has 2 nitrogen and oxygen atoms in total. The first-order valence-electron chi connectivity index (χ1n) is 4.40. The van der Waals surface area contributed by atoms with E-state index in [0.717, 1.165) is 31.8 Å². The van der Waals surface area contributed by atoms with Gasteiger partial charge in [-0.15, -0.1) is 0 Å². The first-order chi connectivity index (χ1) is 6.22. The summed E-state index contributed by atoms with van der Waals surface area (Å²) >= 11 is 5.89. The third kappa shape index (κ3) is 2.13. The monoisotopic (exact) mass is 200 g/mol. The summed E-state index contributed by atoms with van der Waals surface area (Å²) in [5.74, 6) is 0.432. The Labute approximate surface area is 82.9 Å². The lowest BCUT2D eigenvalue weighted by Crippen LogP contribution is -2.11. The lowest BCUT2D eigenvalue weighted by atomic mass is 9.85. The quantitative estimate of drug-likeness (QED) is 0.550. The normalized spacial score (nSPS) is 26.6. The Morgan fingerprint density at radius 2 is 2.31 bits per heavy atom. The second-order valence-corrected chi connectivity index (χ2v) is 3.67. The van der Waals surface area contributed by atoms with E-state index in [-0.39, 0.29) is 0 Å². The number of aliphatic hydroxyl groups excluding tert-OH is 1. The Hall–Kier alpha value is -0.760. The van der Waals surface area contributed by atoms with Gasteiger partial charge in [0.1, 0.15) is 6.29 Å². The van der Waals surface area contributed by atoms with E-state index in [1.807, 2.05) is 0 Å². The number of hydrogen-bond acceptors (Lipinski definition) is 2. The van der Waals surface area contributed by atoms with Gasteiger partial charge in [0.15, 0.2) is 0 Å². The molecule has 1 aliphatic rings. The molecule has 0 radical (unpaired) electrons. The first-order valence-corrected chi connectivity index (χ1v) is 4.78. The summed E-state index contributed by atoms with van der Waals surface area (Å²) in [5.41, 5.74) is 1.29. The van der Waals surface area contributed by atoms with Crippen molar-refractivity contribution in [2.24, 2.45) is 5.92 Å². The van der Waals surface area contributed by atoms with Crippen LogP contribution in [-0.2, 0) is 4.79 Å². The summed E-state index contributed by atoms with van der Waals surface area (Å²) in [4.78, 5) is 10.6. The molecule has 1 unspecified atom stereocenters. The van der Waals surface area contributed by atoms with E-state index in [2.05, 4.69) is 6.92 Å². The van der Waals surface area contributed by atoms with Gasteiger partial charge in [0.2, 0.25) is 0 Å².